The second-order valence-electron chi connectivity index (χ2n) is 3.55. The third kappa shape index (κ3) is 4.78. The first-order chi connectivity index (χ1) is 8.63. The molecule has 0 aliphatic heterocycles. The minimum absolute atomic E-state index is 0.0336. The summed E-state index contributed by atoms with van der Waals surface area (Å²) in [7, 11) is 0. The second kappa shape index (κ2) is 7.21. The van der Waals surface area contributed by atoms with Crippen molar-refractivity contribution < 1.29 is 23.9 Å². The van der Waals surface area contributed by atoms with Gasteiger partial charge in [0.15, 0.2) is 0 Å². The maximum absolute atomic E-state index is 11.4. The Hall–Kier alpha value is -2.17. The fraction of sp³-hybridized carbons (Fsp3) is 0.308. The molecule has 96 valence electrons. The lowest BCUT2D eigenvalue weighted by Gasteiger charge is -2.17. The number of hydrogen-bond acceptors (Lipinski definition) is 5. The van der Waals surface area contributed by atoms with E-state index < -0.39 is 18.2 Å². The lowest BCUT2D eigenvalue weighted by atomic mass is 10.2. The molecule has 1 aromatic carbocycles. The molecule has 0 bridgehead atoms. The van der Waals surface area contributed by atoms with Crippen LogP contribution in [0.25, 0.3) is 0 Å². The van der Waals surface area contributed by atoms with Gasteiger partial charge in [-0.1, -0.05) is 30.3 Å². The minimum atomic E-state index is -1.07. The molecule has 1 atom stereocenters. The molecule has 5 nitrogen and oxygen atoms in total. The number of rotatable bonds is 6. The van der Waals surface area contributed by atoms with E-state index in [2.05, 4.69) is 0 Å². The van der Waals surface area contributed by atoms with Gasteiger partial charge in [-0.3, -0.25) is 9.59 Å². The molecule has 0 fully saturated rings. The molecule has 18 heavy (non-hydrogen) atoms. The smallest absolute Gasteiger partial charge is 0.309 e. The summed E-state index contributed by atoms with van der Waals surface area (Å²) < 4.78 is 9.93. The van der Waals surface area contributed by atoms with Crippen LogP contribution in [0.4, 0.5) is 0 Å². The quantitative estimate of drug-likeness (QED) is 0.437. The van der Waals surface area contributed by atoms with Crippen LogP contribution < -0.4 is 0 Å². The van der Waals surface area contributed by atoms with Crippen LogP contribution in [-0.4, -0.2) is 18.2 Å². The number of esters is 2. The van der Waals surface area contributed by atoms with Crippen molar-refractivity contribution in [3.8, 4) is 0 Å². The van der Waals surface area contributed by atoms with E-state index in [1.807, 2.05) is 0 Å². The third-order valence-corrected chi connectivity index (χ3v) is 2.05. The van der Waals surface area contributed by atoms with Crippen LogP contribution in [0.5, 0.6) is 0 Å². The monoisotopic (exact) mass is 250 g/mol. The maximum atomic E-state index is 11.4. The maximum Gasteiger partial charge on any atom is 0.309 e. The molecule has 0 aliphatic rings. The molecular weight excluding hydrogens is 236 g/mol. The van der Waals surface area contributed by atoms with Gasteiger partial charge in [-0.05, 0) is 0 Å². The summed E-state index contributed by atoms with van der Waals surface area (Å²) in [6.07, 6.45) is -0.387. The Bertz CT molecular complexity index is 413. The molecule has 0 saturated heterocycles. The number of aldehydes is 1. The van der Waals surface area contributed by atoms with E-state index in [9.17, 15) is 14.4 Å². The zero-order valence-electron chi connectivity index (χ0n) is 10.00. The standard InChI is InChI=1S/C13H14O5/c1-10(15)17-13(11-6-3-2-4-7-11)18-12(16)8-5-9-14/h2-4,6-7,9,13H,5,8H2,1H3. The van der Waals surface area contributed by atoms with Gasteiger partial charge in [0.2, 0.25) is 0 Å². The molecule has 0 radical (unpaired) electrons. The van der Waals surface area contributed by atoms with Gasteiger partial charge < -0.3 is 14.3 Å². The number of carbonyl (C=O) groups is 3. The van der Waals surface area contributed by atoms with Gasteiger partial charge in [-0.25, -0.2) is 0 Å². The first-order valence-electron chi connectivity index (χ1n) is 5.48. The van der Waals surface area contributed by atoms with Crippen molar-refractivity contribution in [2.24, 2.45) is 0 Å². The summed E-state index contributed by atoms with van der Waals surface area (Å²) >= 11 is 0. The van der Waals surface area contributed by atoms with Gasteiger partial charge in [0, 0.05) is 18.9 Å². The predicted molar refractivity (Wildman–Crippen MR) is 62.3 cm³/mol. The average Bonchev–Trinajstić information content (AvgIpc) is 2.36. The Morgan fingerprint density at radius 3 is 2.44 bits per heavy atom. The lowest BCUT2D eigenvalue weighted by Crippen LogP contribution is -2.16. The van der Waals surface area contributed by atoms with E-state index in [-0.39, 0.29) is 12.8 Å². The number of carbonyl (C=O) groups excluding carboxylic acids is 3. The molecule has 0 aliphatic carbocycles. The molecule has 1 rings (SSSR count). The molecule has 5 heteroatoms. The second-order valence-corrected chi connectivity index (χ2v) is 3.55. The van der Waals surface area contributed by atoms with E-state index in [0.717, 1.165) is 0 Å². The van der Waals surface area contributed by atoms with Crippen molar-refractivity contribution >= 4 is 18.2 Å². The van der Waals surface area contributed by atoms with E-state index in [0.29, 0.717) is 11.8 Å². The van der Waals surface area contributed by atoms with Crippen LogP contribution >= 0.6 is 0 Å². The van der Waals surface area contributed by atoms with Crippen molar-refractivity contribution in [2.45, 2.75) is 26.1 Å². The first-order valence-corrected chi connectivity index (χ1v) is 5.48. The fourth-order valence-corrected chi connectivity index (χ4v) is 1.28. The van der Waals surface area contributed by atoms with Crippen LogP contribution in [0.2, 0.25) is 0 Å². The summed E-state index contributed by atoms with van der Waals surface area (Å²) in [4.78, 5) is 32.5. The van der Waals surface area contributed by atoms with Crippen molar-refractivity contribution in [3.63, 3.8) is 0 Å². The molecule has 1 unspecified atom stereocenters. The van der Waals surface area contributed by atoms with E-state index >= 15 is 0 Å². The Labute approximate surface area is 105 Å². The van der Waals surface area contributed by atoms with Crippen molar-refractivity contribution in [1.29, 1.82) is 0 Å². The molecule has 0 heterocycles. The van der Waals surface area contributed by atoms with Gasteiger partial charge in [0.25, 0.3) is 6.29 Å². The number of benzene rings is 1. The van der Waals surface area contributed by atoms with Gasteiger partial charge in [0.05, 0.1) is 6.42 Å². The Kier molecular flexibility index (Phi) is 5.57. The summed E-state index contributed by atoms with van der Waals surface area (Å²) in [5.74, 6) is -1.13. The van der Waals surface area contributed by atoms with Gasteiger partial charge in [-0.2, -0.15) is 0 Å². The number of ether oxygens (including phenoxy) is 2. The number of hydrogen-bond donors (Lipinski definition) is 0. The highest BCUT2D eigenvalue weighted by Crippen LogP contribution is 2.19. The zero-order valence-corrected chi connectivity index (χ0v) is 10.00. The highest BCUT2D eigenvalue weighted by molar-refractivity contribution is 5.73. The molecule has 0 aromatic heterocycles. The Morgan fingerprint density at radius 2 is 1.89 bits per heavy atom. The normalized spacial score (nSPS) is 11.4. The summed E-state index contributed by atoms with van der Waals surface area (Å²) in [5, 5.41) is 0. The Balaban J connectivity index is 2.70. The predicted octanol–water partition coefficient (Wildman–Crippen LogP) is 1.77. The molecule has 1 aromatic rings. The average molecular weight is 250 g/mol. The van der Waals surface area contributed by atoms with Crippen LogP contribution in [-0.2, 0) is 23.9 Å². The Morgan fingerprint density at radius 1 is 1.22 bits per heavy atom. The summed E-state index contributed by atoms with van der Waals surface area (Å²) in [6, 6.07) is 8.64. The largest absolute Gasteiger partial charge is 0.421 e. The third-order valence-electron chi connectivity index (χ3n) is 2.05. The zero-order chi connectivity index (χ0) is 13.4. The molecule has 0 N–H and O–H groups in total. The summed E-state index contributed by atoms with van der Waals surface area (Å²) in [5.41, 5.74) is 0.562. The summed E-state index contributed by atoms with van der Waals surface area (Å²) in [6.45, 7) is 1.23. The molecule has 0 amide bonds. The molecule has 0 spiro atoms. The van der Waals surface area contributed by atoms with Crippen LogP contribution in [0.1, 0.15) is 31.6 Å². The van der Waals surface area contributed by atoms with Crippen LogP contribution in [0.3, 0.4) is 0 Å². The topological polar surface area (TPSA) is 69.7 Å². The fourth-order valence-electron chi connectivity index (χ4n) is 1.28. The van der Waals surface area contributed by atoms with Gasteiger partial charge >= 0.3 is 11.9 Å². The molecule has 0 saturated carbocycles. The van der Waals surface area contributed by atoms with E-state index in [1.54, 1.807) is 30.3 Å². The van der Waals surface area contributed by atoms with Crippen LogP contribution in [0.15, 0.2) is 30.3 Å². The van der Waals surface area contributed by atoms with Crippen molar-refractivity contribution in [1.82, 2.24) is 0 Å². The van der Waals surface area contributed by atoms with E-state index in [1.165, 1.54) is 6.92 Å². The van der Waals surface area contributed by atoms with Crippen LogP contribution in [0, 0.1) is 0 Å². The lowest BCUT2D eigenvalue weighted by molar-refractivity contribution is -0.188. The first kappa shape index (κ1) is 13.9. The van der Waals surface area contributed by atoms with Gasteiger partial charge in [-0.15, -0.1) is 0 Å². The van der Waals surface area contributed by atoms with Gasteiger partial charge in [0.1, 0.15) is 6.29 Å². The van der Waals surface area contributed by atoms with E-state index in [4.69, 9.17) is 9.47 Å². The van der Waals surface area contributed by atoms with Crippen molar-refractivity contribution in [3.05, 3.63) is 35.9 Å². The highest BCUT2D eigenvalue weighted by atomic mass is 16.7. The molecular formula is C13H14O5. The SMILES string of the molecule is CC(=O)OC(OC(=O)CCC=O)c1ccccc1. The van der Waals surface area contributed by atoms with Crippen molar-refractivity contribution in [2.75, 3.05) is 0 Å². The minimum Gasteiger partial charge on any atom is -0.421 e. The highest BCUT2D eigenvalue weighted by Gasteiger charge is 2.19.